The number of aliphatic hydroxyl groups is 2. The number of carboxylic acids is 1. The van der Waals surface area contributed by atoms with Crippen molar-refractivity contribution in [3.8, 4) is 0 Å². The van der Waals surface area contributed by atoms with Gasteiger partial charge in [-0.2, -0.15) is 0 Å². The largest absolute Gasteiger partial charge is 0.481 e. The Bertz CT molecular complexity index is 605. The van der Waals surface area contributed by atoms with E-state index in [0.717, 1.165) is 38.5 Å². The van der Waals surface area contributed by atoms with Crippen LogP contribution >= 0.6 is 0 Å². The third kappa shape index (κ3) is 3.05. The van der Waals surface area contributed by atoms with E-state index in [1.807, 2.05) is 0 Å². The summed E-state index contributed by atoms with van der Waals surface area (Å²) in [7, 11) is 0. The van der Waals surface area contributed by atoms with Crippen molar-refractivity contribution in [3.05, 3.63) is 0 Å². The van der Waals surface area contributed by atoms with Gasteiger partial charge >= 0.3 is 5.97 Å². The molecule has 0 saturated heterocycles. The smallest absolute Gasteiger partial charge is 0.303 e. The summed E-state index contributed by atoms with van der Waals surface area (Å²) in [5, 5.41) is 30.8. The molecular formula is C24H40O4. The van der Waals surface area contributed by atoms with Crippen LogP contribution in [-0.2, 0) is 4.79 Å². The van der Waals surface area contributed by atoms with E-state index < -0.39 is 5.97 Å². The van der Waals surface area contributed by atoms with Crippen molar-refractivity contribution in [1.82, 2.24) is 0 Å². The first-order chi connectivity index (χ1) is 13.2. The molecule has 4 aliphatic carbocycles. The van der Waals surface area contributed by atoms with Crippen LogP contribution in [0, 0.1) is 46.3 Å². The van der Waals surface area contributed by atoms with Crippen molar-refractivity contribution >= 4 is 5.97 Å². The summed E-state index contributed by atoms with van der Waals surface area (Å²) in [6.45, 7) is 6.99. The molecule has 28 heavy (non-hydrogen) atoms. The van der Waals surface area contributed by atoms with Crippen LogP contribution in [0.4, 0.5) is 0 Å². The van der Waals surface area contributed by atoms with Crippen LogP contribution in [0.1, 0.15) is 85.0 Å². The number of aliphatic hydroxyl groups excluding tert-OH is 2. The Morgan fingerprint density at radius 1 is 1.04 bits per heavy atom. The molecule has 3 N–H and O–H groups in total. The lowest BCUT2D eigenvalue weighted by Gasteiger charge is -2.62. The van der Waals surface area contributed by atoms with Crippen molar-refractivity contribution in [1.29, 1.82) is 0 Å². The van der Waals surface area contributed by atoms with Crippen molar-refractivity contribution in [3.63, 3.8) is 0 Å². The van der Waals surface area contributed by atoms with Gasteiger partial charge in [-0.15, -0.1) is 0 Å². The predicted octanol–water partition coefficient (Wildman–Crippen LogP) is 4.48. The molecule has 0 aromatic rings. The number of carbonyl (C=O) groups is 1. The number of carboxylic acid groups (broad SMARTS) is 1. The van der Waals surface area contributed by atoms with E-state index in [4.69, 9.17) is 5.11 Å². The Morgan fingerprint density at radius 3 is 2.50 bits per heavy atom. The SMILES string of the molecule is C[C@@H](CCC(=O)O)[C@@H]1CC[C@H]2[C@@H]3CC[C@H]4C[C@H](O)CC[C@@]4(C)[C@@H]3C[C@H](O)[C@]21C. The average Bonchev–Trinajstić information content (AvgIpc) is 3.00. The predicted molar refractivity (Wildman–Crippen MR) is 109 cm³/mol. The third-order valence-corrected chi connectivity index (χ3v) is 10.3. The fourth-order valence-electron chi connectivity index (χ4n) is 8.71. The molecule has 0 amide bonds. The zero-order chi connectivity index (χ0) is 20.3. The summed E-state index contributed by atoms with van der Waals surface area (Å²) in [6.07, 6.45) is 9.26. The van der Waals surface area contributed by atoms with Gasteiger partial charge in [-0.1, -0.05) is 20.8 Å². The Kier molecular flexibility index (Phi) is 5.36. The molecule has 4 fully saturated rings. The number of hydrogen-bond acceptors (Lipinski definition) is 3. The summed E-state index contributed by atoms with van der Waals surface area (Å²) in [4.78, 5) is 11.1. The standard InChI is InChI=1S/C24H40O4/c1-14(4-9-22(27)28)18-7-8-19-17-6-5-15-12-16(25)10-11-23(15,2)20(17)13-21(26)24(18,19)3/h14-21,25-26H,4-13H2,1-3H3,(H,27,28)/t14-,15-,16+,17-,18-,19-,20+,21-,23+,24-/m0/s1. The maximum absolute atomic E-state index is 11.5. The molecular weight excluding hydrogens is 352 g/mol. The lowest BCUT2D eigenvalue weighted by molar-refractivity contribution is -0.175. The van der Waals surface area contributed by atoms with Crippen molar-refractivity contribution < 1.29 is 20.1 Å². The van der Waals surface area contributed by atoms with Gasteiger partial charge in [0.25, 0.3) is 0 Å². The van der Waals surface area contributed by atoms with E-state index in [9.17, 15) is 15.0 Å². The number of hydrogen-bond donors (Lipinski definition) is 3. The van der Waals surface area contributed by atoms with Gasteiger partial charge in [0.1, 0.15) is 0 Å². The van der Waals surface area contributed by atoms with Gasteiger partial charge in [0.2, 0.25) is 0 Å². The Morgan fingerprint density at radius 2 is 1.79 bits per heavy atom. The van der Waals surface area contributed by atoms with Crippen LogP contribution in [0.2, 0.25) is 0 Å². The summed E-state index contributed by atoms with van der Waals surface area (Å²) in [5.41, 5.74) is 0.216. The fourth-order valence-corrected chi connectivity index (χ4v) is 8.71. The van der Waals surface area contributed by atoms with Crippen LogP contribution in [0.5, 0.6) is 0 Å². The minimum atomic E-state index is -0.707. The van der Waals surface area contributed by atoms with Crippen LogP contribution < -0.4 is 0 Å². The van der Waals surface area contributed by atoms with Gasteiger partial charge in [-0.25, -0.2) is 0 Å². The molecule has 0 radical (unpaired) electrons. The zero-order valence-electron chi connectivity index (χ0n) is 17.9. The quantitative estimate of drug-likeness (QED) is 0.659. The molecule has 10 atom stereocenters. The van der Waals surface area contributed by atoms with Crippen molar-refractivity contribution in [2.75, 3.05) is 0 Å². The lowest BCUT2D eigenvalue weighted by atomic mass is 9.43. The van der Waals surface area contributed by atoms with Gasteiger partial charge < -0.3 is 15.3 Å². The van der Waals surface area contributed by atoms with Gasteiger partial charge in [0.05, 0.1) is 12.2 Å². The van der Waals surface area contributed by atoms with E-state index >= 15 is 0 Å². The molecule has 0 spiro atoms. The summed E-state index contributed by atoms with van der Waals surface area (Å²) in [6, 6.07) is 0. The van der Waals surface area contributed by atoms with Crippen LogP contribution in [0.15, 0.2) is 0 Å². The maximum Gasteiger partial charge on any atom is 0.303 e. The summed E-state index contributed by atoms with van der Waals surface area (Å²) in [5.74, 6) is 2.55. The molecule has 160 valence electrons. The molecule has 0 unspecified atom stereocenters. The topological polar surface area (TPSA) is 77.8 Å². The normalized spacial score (nSPS) is 51.7. The molecule has 4 rings (SSSR count). The highest BCUT2D eigenvalue weighted by molar-refractivity contribution is 5.66. The first kappa shape index (κ1) is 20.7. The van der Waals surface area contributed by atoms with Gasteiger partial charge in [-0.3, -0.25) is 4.79 Å². The fraction of sp³-hybridized carbons (Fsp3) is 0.958. The highest BCUT2D eigenvalue weighted by Crippen LogP contribution is 2.68. The minimum absolute atomic E-state index is 0.0591. The second-order valence-electron chi connectivity index (χ2n) is 11.3. The molecule has 0 aromatic heterocycles. The Balaban J connectivity index is 1.56. The van der Waals surface area contributed by atoms with Crippen LogP contribution in [0.3, 0.4) is 0 Å². The van der Waals surface area contributed by atoms with Crippen molar-refractivity contribution in [2.24, 2.45) is 46.3 Å². The van der Waals surface area contributed by atoms with E-state index in [2.05, 4.69) is 20.8 Å². The highest BCUT2D eigenvalue weighted by atomic mass is 16.4. The summed E-state index contributed by atoms with van der Waals surface area (Å²) < 4.78 is 0. The van der Waals surface area contributed by atoms with E-state index in [0.29, 0.717) is 35.5 Å². The average molecular weight is 393 g/mol. The number of fused-ring (bicyclic) bond motifs is 5. The maximum atomic E-state index is 11.5. The molecule has 4 heteroatoms. The van der Waals surface area contributed by atoms with Crippen LogP contribution in [-0.4, -0.2) is 33.5 Å². The number of rotatable bonds is 4. The first-order valence-corrected chi connectivity index (χ1v) is 11.8. The Hall–Kier alpha value is -0.610. The molecule has 4 nitrogen and oxygen atoms in total. The van der Waals surface area contributed by atoms with Crippen LogP contribution in [0.25, 0.3) is 0 Å². The third-order valence-electron chi connectivity index (χ3n) is 10.3. The van der Waals surface area contributed by atoms with E-state index in [1.165, 1.54) is 19.3 Å². The Labute approximate surface area is 170 Å². The second kappa shape index (κ2) is 7.27. The summed E-state index contributed by atoms with van der Waals surface area (Å²) >= 11 is 0. The molecule has 0 bridgehead atoms. The minimum Gasteiger partial charge on any atom is -0.481 e. The zero-order valence-corrected chi connectivity index (χ0v) is 17.9. The van der Waals surface area contributed by atoms with Gasteiger partial charge in [-0.05, 0) is 104 Å². The lowest BCUT2D eigenvalue weighted by Crippen LogP contribution is -2.58. The molecule has 4 saturated carbocycles. The highest BCUT2D eigenvalue weighted by Gasteiger charge is 2.63. The number of aliphatic carboxylic acids is 1. The monoisotopic (exact) mass is 392 g/mol. The molecule has 0 aromatic carbocycles. The van der Waals surface area contributed by atoms with Crippen molar-refractivity contribution in [2.45, 2.75) is 97.2 Å². The molecule has 0 heterocycles. The van der Waals surface area contributed by atoms with Gasteiger partial charge in [0.15, 0.2) is 0 Å². The molecule has 4 aliphatic rings. The second-order valence-corrected chi connectivity index (χ2v) is 11.3. The molecule has 0 aliphatic heterocycles. The van der Waals surface area contributed by atoms with Gasteiger partial charge in [0, 0.05) is 6.42 Å². The first-order valence-electron chi connectivity index (χ1n) is 11.8. The van der Waals surface area contributed by atoms with E-state index in [-0.39, 0.29) is 29.5 Å². The van der Waals surface area contributed by atoms with E-state index in [1.54, 1.807) is 0 Å².